The molecule has 0 heterocycles. The zero-order valence-electron chi connectivity index (χ0n) is 10.9. The predicted molar refractivity (Wildman–Crippen MR) is 73.4 cm³/mol. The first-order valence-corrected chi connectivity index (χ1v) is 7.27. The Hall–Kier alpha value is -0.860. The molecule has 1 unspecified atom stereocenters. The lowest BCUT2D eigenvalue weighted by atomic mass is 10.0. The van der Waals surface area contributed by atoms with E-state index in [1.54, 1.807) is 0 Å². The van der Waals surface area contributed by atoms with Crippen molar-refractivity contribution in [1.29, 1.82) is 0 Å². The van der Waals surface area contributed by atoms with Crippen molar-refractivity contribution >= 4 is 0 Å². The van der Waals surface area contributed by atoms with Crippen LogP contribution in [-0.2, 0) is 6.42 Å². The summed E-state index contributed by atoms with van der Waals surface area (Å²) in [6, 6.07) is 11.4. The van der Waals surface area contributed by atoms with E-state index >= 15 is 0 Å². The zero-order chi connectivity index (χ0) is 12.4. The van der Waals surface area contributed by atoms with E-state index < -0.39 is 0 Å². The van der Waals surface area contributed by atoms with Gasteiger partial charge in [-0.05, 0) is 49.5 Å². The van der Waals surface area contributed by atoms with Crippen LogP contribution in [0.2, 0.25) is 0 Å². The summed E-state index contributed by atoms with van der Waals surface area (Å²) in [7, 11) is 0. The Balaban J connectivity index is 1.58. The number of hydrogen-bond acceptors (Lipinski definition) is 2. The molecule has 0 bridgehead atoms. The van der Waals surface area contributed by atoms with E-state index in [-0.39, 0.29) is 12.6 Å². The van der Waals surface area contributed by atoms with Gasteiger partial charge in [-0.15, -0.1) is 0 Å². The van der Waals surface area contributed by atoms with Gasteiger partial charge in [0.05, 0.1) is 6.61 Å². The summed E-state index contributed by atoms with van der Waals surface area (Å²) in [6.45, 7) is 0.241. The molecule has 2 N–H and O–H groups in total. The average molecular weight is 245 g/mol. The minimum absolute atomic E-state index is 0.221. The third kappa shape index (κ3) is 3.12. The summed E-state index contributed by atoms with van der Waals surface area (Å²) in [5.41, 5.74) is 1.31. The van der Waals surface area contributed by atoms with Gasteiger partial charge in [0.1, 0.15) is 0 Å². The highest BCUT2D eigenvalue weighted by Crippen LogP contribution is 2.44. The van der Waals surface area contributed by atoms with Crippen LogP contribution in [0.15, 0.2) is 30.3 Å². The third-order valence-electron chi connectivity index (χ3n) is 4.23. The fourth-order valence-electron chi connectivity index (χ4n) is 2.91. The molecule has 0 amide bonds. The molecule has 0 saturated heterocycles. The SMILES string of the molecule is OCC(Cc1ccccc1)NC(C1CC1)C1CC1. The molecule has 0 aromatic heterocycles. The van der Waals surface area contributed by atoms with Crippen LogP contribution in [0.25, 0.3) is 0 Å². The Morgan fingerprint density at radius 1 is 1.06 bits per heavy atom. The summed E-state index contributed by atoms with van der Waals surface area (Å²) in [5, 5.41) is 13.3. The highest BCUT2D eigenvalue weighted by molar-refractivity contribution is 5.16. The topological polar surface area (TPSA) is 32.3 Å². The molecule has 2 aliphatic carbocycles. The smallest absolute Gasteiger partial charge is 0.0587 e. The van der Waals surface area contributed by atoms with Gasteiger partial charge in [-0.25, -0.2) is 0 Å². The van der Waals surface area contributed by atoms with Gasteiger partial charge in [-0.2, -0.15) is 0 Å². The Morgan fingerprint density at radius 2 is 1.67 bits per heavy atom. The van der Waals surface area contributed by atoms with Crippen molar-refractivity contribution < 1.29 is 5.11 Å². The van der Waals surface area contributed by atoms with Crippen molar-refractivity contribution in [2.45, 2.75) is 44.2 Å². The zero-order valence-corrected chi connectivity index (χ0v) is 10.9. The van der Waals surface area contributed by atoms with Crippen molar-refractivity contribution in [2.75, 3.05) is 6.61 Å². The number of aliphatic hydroxyl groups is 1. The van der Waals surface area contributed by atoms with Crippen LogP contribution in [0.4, 0.5) is 0 Å². The number of rotatable bonds is 7. The fraction of sp³-hybridized carbons (Fsp3) is 0.625. The fourth-order valence-corrected chi connectivity index (χ4v) is 2.91. The van der Waals surface area contributed by atoms with Crippen LogP contribution >= 0.6 is 0 Å². The predicted octanol–water partition coefficient (Wildman–Crippen LogP) is 2.37. The largest absolute Gasteiger partial charge is 0.395 e. The number of aliphatic hydroxyl groups excluding tert-OH is 1. The molecular formula is C16H23NO. The van der Waals surface area contributed by atoms with E-state index in [4.69, 9.17) is 0 Å². The molecule has 2 aliphatic rings. The van der Waals surface area contributed by atoms with E-state index in [0.29, 0.717) is 6.04 Å². The number of nitrogens with one attached hydrogen (secondary N) is 1. The number of benzene rings is 1. The third-order valence-corrected chi connectivity index (χ3v) is 4.23. The van der Waals surface area contributed by atoms with Gasteiger partial charge >= 0.3 is 0 Å². The normalized spacial score (nSPS) is 21.2. The second-order valence-corrected chi connectivity index (χ2v) is 5.94. The Labute approximate surface area is 109 Å². The monoisotopic (exact) mass is 245 g/mol. The quantitative estimate of drug-likeness (QED) is 0.773. The highest BCUT2D eigenvalue weighted by atomic mass is 16.3. The lowest BCUT2D eigenvalue weighted by molar-refractivity contribution is 0.219. The molecule has 0 aliphatic heterocycles. The van der Waals surface area contributed by atoms with E-state index in [0.717, 1.165) is 18.3 Å². The van der Waals surface area contributed by atoms with Crippen LogP contribution in [0.3, 0.4) is 0 Å². The summed E-state index contributed by atoms with van der Waals surface area (Å²) < 4.78 is 0. The van der Waals surface area contributed by atoms with E-state index in [1.165, 1.54) is 31.2 Å². The molecule has 0 spiro atoms. The molecule has 2 saturated carbocycles. The van der Waals surface area contributed by atoms with Gasteiger partial charge in [0, 0.05) is 12.1 Å². The van der Waals surface area contributed by atoms with Crippen LogP contribution < -0.4 is 5.32 Å². The second kappa shape index (κ2) is 5.41. The van der Waals surface area contributed by atoms with Crippen LogP contribution in [-0.4, -0.2) is 23.8 Å². The van der Waals surface area contributed by atoms with Gasteiger partial charge in [-0.3, -0.25) is 0 Å². The summed E-state index contributed by atoms with van der Waals surface area (Å²) in [4.78, 5) is 0. The van der Waals surface area contributed by atoms with Crippen molar-refractivity contribution in [1.82, 2.24) is 5.32 Å². The molecule has 3 rings (SSSR count). The summed E-state index contributed by atoms with van der Waals surface area (Å²) in [5.74, 6) is 1.78. The first kappa shape index (κ1) is 12.2. The van der Waals surface area contributed by atoms with Gasteiger partial charge in [0.2, 0.25) is 0 Å². The molecule has 2 heteroatoms. The van der Waals surface area contributed by atoms with Gasteiger partial charge in [0.15, 0.2) is 0 Å². The highest BCUT2D eigenvalue weighted by Gasteiger charge is 2.41. The maximum atomic E-state index is 9.58. The molecule has 0 radical (unpaired) electrons. The van der Waals surface area contributed by atoms with Gasteiger partial charge in [-0.1, -0.05) is 30.3 Å². The number of hydrogen-bond donors (Lipinski definition) is 2. The summed E-state index contributed by atoms with van der Waals surface area (Å²) in [6.07, 6.45) is 6.48. The molecule has 98 valence electrons. The van der Waals surface area contributed by atoms with Crippen molar-refractivity contribution in [3.8, 4) is 0 Å². The van der Waals surface area contributed by atoms with Crippen molar-refractivity contribution in [3.63, 3.8) is 0 Å². The van der Waals surface area contributed by atoms with E-state index in [1.807, 2.05) is 6.07 Å². The first-order valence-electron chi connectivity index (χ1n) is 7.27. The average Bonchev–Trinajstić information content (AvgIpc) is 3.29. The van der Waals surface area contributed by atoms with Crippen molar-refractivity contribution in [3.05, 3.63) is 35.9 Å². The minimum Gasteiger partial charge on any atom is -0.395 e. The molecule has 18 heavy (non-hydrogen) atoms. The maximum Gasteiger partial charge on any atom is 0.0587 e. The lowest BCUT2D eigenvalue weighted by Crippen LogP contribution is -2.44. The van der Waals surface area contributed by atoms with Crippen LogP contribution in [0, 0.1) is 11.8 Å². The summed E-state index contributed by atoms with van der Waals surface area (Å²) >= 11 is 0. The minimum atomic E-state index is 0.221. The van der Waals surface area contributed by atoms with E-state index in [9.17, 15) is 5.11 Å². The Bertz CT molecular complexity index is 358. The van der Waals surface area contributed by atoms with Crippen LogP contribution in [0.1, 0.15) is 31.2 Å². The van der Waals surface area contributed by atoms with Gasteiger partial charge in [0.25, 0.3) is 0 Å². The molecule has 2 nitrogen and oxygen atoms in total. The van der Waals surface area contributed by atoms with E-state index in [2.05, 4.69) is 29.6 Å². The maximum absolute atomic E-state index is 9.58. The Morgan fingerprint density at radius 3 is 2.17 bits per heavy atom. The molecule has 2 fully saturated rings. The molecule has 1 aromatic carbocycles. The molecule has 1 aromatic rings. The van der Waals surface area contributed by atoms with Gasteiger partial charge < -0.3 is 10.4 Å². The second-order valence-electron chi connectivity index (χ2n) is 5.94. The first-order chi connectivity index (χ1) is 8.86. The van der Waals surface area contributed by atoms with Crippen LogP contribution in [0.5, 0.6) is 0 Å². The molecule has 1 atom stereocenters. The van der Waals surface area contributed by atoms with Crippen molar-refractivity contribution in [2.24, 2.45) is 11.8 Å². The Kier molecular flexibility index (Phi) is 3.67. The standard InChI is InChI=1S/C16H23NO/c18-11-15(10-12-4-2-1-3-5-12)17-16(13-6-7-13)14-8-9-14/h1-5,13-18H,6-11H2. The molecular weight excluding hydrogens is 222 g/mol. The lowest BCUT2D eigenvalue weighted by Gasteiger charge is -2.24.